The molecule has 0 saturated carbocycles. The lowest BCUT2D eigenvalue weighted by atomic mass is 9.47. The summed E-state index contributed by atoms with van der Waals surface area (Å²) < 4.78 is 0. The highest BCUT2D eigenvalue weighted by Crippen LogP contribution is 2.64. The minimum Gasteiger partial charge on any atom is -0.399 e. The molecule has 6 nitrogen and oxygen atoms in total. The molecule has 0 bridgehead atoms. The maximum absolute atomic E-state index is 14.0. The van der Waals surface area contributed by atoms with Crippen molar-refractivity contribution in [1.29, 1.82) is 15.8 Å². The fraction of sp³-hybridized carbons (Fsp3) is 0.304. The summed E-state index contributed by atoms with van der Waals surface area (Å²) in [5.41, 5.74) is 4.61. The van der Waals surface area contributed by atoms with Crippen molar-refractivity contribution in [1.82, 2.24) is 0 Å². The number of nitriles is 3. The van der Waals surface area contributed by atoms with E-state index in [-0.39, 0.29) is 17.8 Å². The number of carbonyl (C=O) groups is 1. The van der Waals surface area contributed by atoms with Crippen molar-refractivity contribution in [2.75, 3.05) is 11.4 Å². The van der Waals surface area contributed by atoms with Crippen LogP contribution in [0.2, 0.25) is 0 Å². The van der Waals surface area contributed by atoms with Crippen LogP contribution in [0.4, 0.5) is 5.69 Å². The largest absolute Gasteiger partial charge is 0.399 e. The van der Waals surface area contributed by atoms with Gasteiger partial charge in [-0.3, -0.25) is 9.69 Å². The highest BCUT2D eigenvalue weighted by molar-refractivity contribution is 6.11. The second kappa shape index (κ2) is 6.27. The minimum atomic E-state index is -2.01. The van der Waals surface area contributed by atoms with Crippen LogP contribution < -0.4 is 10.6 Å². The van der Waals surface area contributed by atoms with E-state index in [0.29, 0.717) is 23.2 Å². The predicted molar refractivity (Wildman–Crippen MR) is 105 cm³/mol. The minimum absolute atomic E-state index is 0.0189. The number of hydrogen-bond acceptors (Lipinski definition) is 5. The number of terminal acetylenes is 1. The Kier molecular flexibility index (Phi) is 3.97. The number of anilines is 1. The highest BCUT2D eigenvalue weighted by Gasteiger charge is 2.72. The van der Waals surface area contributed by atoms with Crippen LogP contribution in [0.3, 0.4) is 0 Å². The number of nitrogens with two attached hydrogens (primary N) is 1. The summed E-state index contributed by atoms with van der Waals surface area (Å²) in [4.78, 5) is 15.5. The number of amides is 1. The average Bonchev–Trinajstić information content (AvgIpc) is 3.00. The van der Waals surface area contributed by atoms with E-state index < -0.39 is 22.7 Å². The molecule has 29 heavy (non-hydrogen) atoms. The zero-order chi connectivity index (χ0) is 20.8. The molecule has 1 aromatic rings. The molecule has 3 aliphatic rings. The van der Waals surface area contributed by atoms with E-state index in [2.05, 4.69) is 24.1 Å². The molecule has 1 heterocycles. The predicted octanol–water partition coefficient (Wildman–Crippen LogP) is 2.41. The number of carbonyl (C=O) groups excluding carboxylic acids is 1. The van der Waals surface area contributed by atoms with Gasteiger partial charge in [-0.2, -0.15) is 15.8 Å². The molecule has 1 aromatic carbocycles. The quantitative estimate of drug-likeness (QED) is 0.752. The van der Waals surface area contributed by atoms with Crippen molar-refractivity contribution in [3.8, 4) is 30.6 Å². The molecule has 1 aliphatic heterocycles. The Balaban J connectivity index is 2.20. The first-order chi connectivity index (χ1) is 14.0. The summed E-state index contributed by atoms with van der Waals surface area (Å²) in [6.45, 7) is 0.0189. The molecule has 2 unspecified atom stereocenters. The van der Waals surface area contributed by atoms with Crippen molar-refractivity contribution < 1.29 is 4.79 Å². The number of hydrogen-bond donors (Lipinski definition) is 1. The maximum Gasteiger partial charge on any atom is 0.242 e. The number of para-hydroxylation sites is 1. The van der Waals surface area contributed by atoms with Crippen LogP contribution in [0.1, 0.15) is 24.8 Å². The average molecular weight is 379 g/mol. The molecule has 1 spiro atoms. The van der Waals surface area contributed by atoms with Gasteiger partial charge in [0, 0.05) is 11.6 Å². The lowest BCUT2D eigenvalue weighted by molar-refractivity contribution is -0.127. The van der Waals surface area contributed by atoms with Crippen molar-refractivity contribution in [2.45, 2.75) is 24.7 Å². The zero-order valence-corrected chi connectivity index (χ0v) is 15.6. The normalized spacial score (nSPS) is 26.5. The van der Waals surface area contributed by atoms with Gasteiger partial charge in [-0.25, -0.2) is 0 Å². The topological polar surface area (TPSA) is 118 Å². The third-order valence-electron chi connectivity index (χ3n) is 6.41. The van der Waals surface area contributed by atoms with Gasteiger partial charge in [-0.1, -0.05) is 30.2 Å². The Hall–Kier alpha value is -4.00. The Labute approximate surface area is 169 Å². The number of fused-ring (bicyclic) bond motifs is 4. The number of rotatable bonds is 1. The zero-order valence-electron chi connectivity index (χ0n) is 15.6. The van der Waals surface area contributed by atoms with Crippen LogP contribution >= 0.6 is 0 Å². The number of benzene rings is 1. The summed E-state index contributed by atoms with van der Waals surface area (Å²) in [5, 5.41) is 30.3. The fourth-order valence-electron chi connectivity index (χ4n) is 5.29. The standard InChI is InChI=1S/C23H17N5O/c1-2-11-28-19-10-6-5-9-18(19)23(21(28)29)17-8-4-3-7-15(17)16(12-24)20(27)22(23,13-25)14-26/h1,5-7,9-10,17H,3-4,8,11,27H2. The van der Waals surface area contributed by atoms with E-state index in [1.165, 1.54) is 4.90 Å². The molecular formula is C23H17N5O. The van der Waals surface area contributed by atoms with E-state index in [4.69, 9.17) is 12.2 Å². The molecule has 2 N–H and O–H groups in total. The van der Waals surface area contributed by atoms with Crippen molar-refractivity contribution >= 4 is 11.6 Å². The van der Waals surface area contributed by atoms with E-state index in [9.17, 15) is 20.6 Å². The number of nitrogens with zero attached hydrogens (tertiary/aromatic N) is 4. The van der Waals surface area contributed by atoms with Gasteiger partial charge in [0.25, 0.3) is 0 Å². The molecule has 0 radical (unpaired) electrons. The van der Waals surface area contributed by atoms with Crippen LogP contribution in [-0.4, -0.2) is 12.5 Å². The fourth-order valence-corrected chi connectivity index (χ4v) is 5.29. The van der Waals surface area contributed by atoms with E-state index in [0.717, 1.165) is 12.8 Å². The molecular weight excluding hydrogens is 362 g/mol. The van der Waals surface area contributed by atoms with Gasteiger partial charge in [-0.05, 0) is 36.5 Å². The first-order valence-electron chi connectivity index (χ1n) is 9.33. The van der Waals surface area contributed by atoms with Crippen LogP contribution in [0.25, 0.3) is 0 Å². The van der Waals surface area contributed by atoms with Crippen LogP contribution in [-0.2, 0) is 10.2 Å². The Morgan fingerprint density at radius 1 is 1.24 bits per heavy atom. The highest BCUT2D eigenvalue weighted by atomic mass is 16.2. The third-order valence-corrected chi connectivity index (χ3v) is 6.41. The lowest BCUT2D eigenvalue weighted by Crippen LogP contribution is -2.61. The smallest absolute Gasteiger partial charge is 0.242 e. The summed E-state index contributed by atoms with van der Waals surface area (Å²) in [6.07, 6.45) is 9.53. The molecule has 2 atom stereocenters. The van der Waals surface area contributed by atoms with Gasteiger partial charge in [0.2, 0.25) is 11.3 Å². The molecule has 0 saturated heterocycles. The summed E-state index contributed by atoms with van der Waals surface area (Å²) >= 11 is 0. The van der Waals surface area contributed by atoms with Crippen molar-refractivity contribution in [3.05, 3.63) is 52.7 Å². The molecule has 4 rings (SSSR count). The van der Waals surface area contributed by atoms with Gasteiger partial charge in [-0.15, -0.1) is 6.42 Å². The molecule has 0 aromatic heterocycles. The van der Waals surface area contributed by atoms with Gasteiger partial charge in [0.15, 0.2) is 0 Å². The summed E-state index contributed by atoms with van der Waals surface area (Å²) in [6, 6.07) is 13.3. The monoisotopic (exact) mass is 379 g/mol. The van der Waals surface area contributed by atoms with Crippen molar-refractivity contribution in [3.63, 3.8) is 0 Å². The van der Waals surface area contributed by atoms with Crippen LogP contribution in [0, 0.1) is 57.7 Å². The van der Waals surface area contributed by atoms with Crippen LogP contribution in [0.15, 0.2) is 47.2 Å². The molecule has 2 aliphatic carbocycles. The molecule has 6 heteroatoms. The van der Waals surface area contributed by atoms with Crippen LogP contribution in [0.5, 0.6) is 0 Å². The maximum atomic E-state index is 14.0. The van der Waals surface area contributed by atoms with Gasteiger partial charge in [0.1, 0.15) is 11.5 Å². The van der Waals surface area contributed by atoms with Gasteiger partial charge < -0.3 is 5.73 Å². The second-order valence-corrected chi connectivity index (χ2v) is 7.44. The van der Waals surface area contributed by atoms with E-state index >= 15 is 0 Å². The van der Waals surface area contributed by atoms with Gasteiger partial charge in [0.05, 0.1) is 30.0 Å². The molecule has 140 valence electrons. The summed E-state index contributed by atoms with van der Waals surface area (Å²) in [5.74, 6) is 1.59. The Bertz CT molecular complexity index is 1150. The molecule has 1 amide bonds. The van der Waals surface area contributed by atoms with E-state index in [1.54, 1.807) is 24.3 Å². The van der Waals surface area contributed by atoms with Crippen molar-refractivity contribution in [2.24, 2.45) is 17.1 Å². The van der Waals surface area contributed by atoms with E-state index in [1.807, 2.05) is 6.08 Å². The first-order valence-corrected chi connectivity index (χ1v) is 9.33. The van der Waals surface area contributed by atoms with Gasteiger partial charge >= 0.3 is 0 Å². The Morgan fingerprint density at radius 2 is 1.97 bits per heavy atom. The first kappa shape index (κ1) is 18.4. The Morgan fingerprint density at radius 3 is 2.62 bits per heavy atom. The third kappa shape index (κ3) is 1.91. The summed E-state index contributed by atoms with van der Waals surface area (Å²) in [7, 11) is 0. The number of allylic oxidation sites excluding steroid dienone is 4. The lowest BCUT2D eigenvalue weighted by Gasteiger charge is -2.49. The SMILES string of the molecule is C#CCN1C(=O)C2(c3ccccc31)C1CCCC=C1C(C#N)=C(N)C2(C#N)C#N. The second-order valence-electron chi connectivity index (χ2n) is 7.44. The molecule has 0 fully saturated rings.